The maximum atomic E-state index is 12.9. The fraction of sp³-hybridized carbons (Fsp3) is 0.0556. The summed E-state index contributed by atoms with van der Waals surface area (Å²) in [7, 11) is 0. The van der Waals surface area contributed by atoms with Gasteiger partial charge in [-0.05, 0) is 59.8 Å². The lowest BCUT2D eigenvalue weighted by atomic mass is 10.1. The Morgan fingerprint density at radius 1 is 1.08 bits per heavy atom. The zero-order valence-corrected chi connectivity index (χ0v) is 14.3. The van der Waals surface area contributed by atoms with E-state index in [1.165, 1.54) is 12.1 Å². The van der Waals surface area contributed by atoms with Crippen molar-refractivity contribution in [2.75, 3.05) is 6.54 Å². The predicted molar refractivity (Wildman–Crippen MR) is 94.9 cm³/mol. The van der Waals surface area contributed by atoms with Crippen LogP contribution in [0.1, 0.15) is 15.9 Å². The smallest absolute Gasteiger partial charge is 0.292 e. The molecule has 1 saturated heterocycles. The summed E-state index contributed by atoms with van der Waals surface area (Å²) < 4.78 is 12.9. The van der Waals surface area contributed by atoms with Crippen LogP contribution in [0.5, 0.6) is 0 Å². The Hall–Kier alpha value is -2.44. The number of halogens is 2. The summed E-state index contributed by atoms with van der Waals surface area (Å²) in [5.74, 6) is -1.43. The Balaban J connectivity index is 1.76. The van der Waals surface area contributed by atoms with Crippen LogP contribution < -0.4 is 0 Å². The molecule has 0 aromatic heterocycles. The van der Waals surface area contributed by atoms with Gasteiger partial charge in [0.1, 0.15) is 5.82 Å². The number of Topliss-reactive ketones (excluding diaryl/α,β-unsaturated/α-hetero) is 1. The molecule has 0 unspecified atom stereocenters. The lowest BCUT2D eigenvalue weighted by molar-refractivity contribution is -0.122. The summed E-state index contributed by atoms with van der Waals surface area (Å²) >= 11 is 6.59. The molecule has 1 aliphatic rings. The highest BCUT2D eigenvalue weighted by Gasteiger charge is 2.36. The van der Waals surface area contributed by atoms with Gasteiger partial charge in [0.15, 0.2) is 5.78 Å². The van der Waals surface area contributed by atoms with Crippen molar-refractivity contribution in [3.05, 3.63) is 75.4 Å². The van der Waals surface area contributed by atoms with Crippen LogP contribution in [0.2, 0.25) is 5.02 Å². The van der Waals surface area contributed by atoms with Crippen LogP contribution in [0, 0.1) is 5.82 Å². The van der Waals surface area contributed by atoms with Gasteiger partial charge >= 0.3 is 0 Å². The van der Waals surface area contributed by atoms with Crippen molar-refractivity contribution in [2.24, 2.45) is 0 Å². The van der Waals surface area contributed by atoms with Crippen molar-refractivity contribution < 1.29 is 18.8 Å². The SMILES string of the molecule is O=C(CN1C(=O)S/C(=C/c2ccc(Cl)cc2)C1=O)c1ccc(F)cc1. The Bertz CT molecular complexity index is 878. The molecule has 126 valence electrons. The van der Waals surface area contributed by atoms with Crippen LogP contribution in [0.25, 0.3) is 6.08 Å². The second-order valence-electron chi connectivity index (χ2n) is 5.25. The molecule has 2 aromatic carbocycles. The van der Waals surface area contributed by atoms with E-state index >= 15 is 0 Å². The fourth-order valence-corrected chi connectivity index (χ4v) is 3.18. The van der Waals surface area contributed by atoms with Crippen LogP contribution >= 0.6 is 23.4 Å². The molecular formula is C18H11ClFNO3S. The Morgan fingerprint density at radius 3 is 2.36 bits per heavy atom. The number of amides is 2. The zero-order valence-electron chi connectivity index (χ0n) is 12.7. The van der Waals surface area contributed by atoms with E-state index in [0.717, 1.165) is 34.4 Å². The molecule has 0 N–H and O–H groups in total. The molecule has 0 aliphatic carbocycles. The number of carbonyl (C=O) groups excluding carboxylic acids is 3. The van der Waals surface area contributed by atoms with E-state index in [-0.39, 0.29) is 17.0 Å². The third-order valence-electron chi connectivity index (χ3n) is 3.51. The average Bonchev–Trinajstić information content (AvgIpc) is 2.85. The molecule has 0 bridgehead atoms. The number of thioether (sulfide) groups is 1. The van der Waals surface area contributed by atoms with Gasteiger partial charge in [-0.25, -0.2) is 4.39 Å². The van der Waals surface area contributed by atoms with Gasteiger partial charge < -0.3 is 0 Å². The molecule has 1 fully saturated rings. The highest BCUT2D eigenvalue weighted by atomic mass is 35.5. The second kappa shape index (κ2) is 7.21. The van der Waals surface area contributed by atoms with Crippen LogP contribution in [0.3, 0.4) is 0 Å². The van der Waals surface area contributed by atoms with Gasteiger partial charge in [0, 0.05) is 10.6 Å². The third-order valence-corrected chi connectivity index (χ3v) is 4.67. The van der Waals surface area contributed by atoms with Gasteiger partial charge in [0.05, 0.1) is 11.4 Å². The number of imide groups is 1. The van der Waals surface area contributed by atoms with Crippen molar-refractivity contribution in [1.29, 1.82) is 0 Å². The highest BCUT2D eigenvalue weighted by Crippen LogP contribution is 2.32. The third kappa shape index (κ3) is 3.97. The summed E-state index contributed by atoms with van der Waals surface area (Å²) in [5.41, 5.74) is 0.960. The first kappa shape index (κ1) is 17.4. The first-order valence-electron chi connectivity index (χ1n) is 7.24. The van der Waals surface area contributed by atoms with E-state index < -0.39 is 22.7 Å². The van der Waals surface area contributed by atoms with Crippen LogP contribution in [0.15, 0.2) is 53.4 Å². The number of hydrogen-bond acceptors (Lipinski definition) is 4. The lowest BCUT2D eigenvalue weighted by Gasteiger charge is -2.11. The van der Waals surface area contributed by atoms with Crippen LogP contribution in [0.4, 0.5) is 9.18 Å². The highest BCUT2D eigenvalue weighted by molar-refractivity contribution is 8.18. The van der Waals surface area contributed by atoms with E-state index in [0.29, 0.717) is 5.02 Å². The molecule has 0 radical (unpaired) electrons. The van der Waals surface area contributed by atoms with E-state index in [1.54, 1.807) is 30.3 Å². The number of carbonyl (C=O) groups is 3. The molecule has 1 heterocycles. The molecule has 25 heavy (non-hydrogen) atoms. The largest absolute Gasteiger partial charge is 0.293 e. The van der Waals surface area contributed by atoms with Crippen LogP contribution in [-0.4, -0.2) is 28.4 Å². The summed E-state index contributed by atoms with van der Waals surface area (Å²) in [5, 5.41) is 0.0517. The minimum absolute atomic E-state index is 0.235. The van der Waals surface area contributed by atoms with Crippen molar-refractivity contribution in [3.63, 3.8) is 0 Å². The Morgan fingerprint density at radius 2 is 1.72 bits per heavy atom. The van der Waals surface area contributed by atoms with Crippen molar-refractivity contribution in [1.82, 2.24) is 4.90 Å². The van der Waals surface area contributed by atoms with E-state index in [1.807, 2.05) is 0 Å². The lowest BCUT2D eigenvalue weighted by Crippen LogP contribution is -2.33. The molecule has 1 aliphatic heterocycles. The maximum Gasteiger partial charge on any atom is 0.293 e. The molecule has 7 heteroatoms. The van der Waals surface area contributed by atoms with Gasteiger partial charge in [-0.1, -0.05) is 23.7 Å². The summed E-state index contributed by atoms with van der Waals surface area (Å²) in [4.78, 5) is 37.8. The van der Waals surface area contributed by atoms with E-state index in [4.69, 9.17) is 11.6 Å². The molecule has 2 amide bonds. The minimum atomic E-state index is -0.527. The molecular weight excluding hydrogens is 365 g/mol. The number of nitrogens with zero attached hydrogens (tertiary/aromatic N) is 1. The summed E-state index contributed by atoms with van der Waals surface area (Å²) in [6.45, 7) is -0.381. The fourth-order valence-electron chi connectivity index (χ4n) is 2.22. The van der Waals surface area contributed by atoms with Crippen molar-refractivity contribution in [2.45, 2.75) is 0 Å². The van der Waals surface area contributed by atoms with Gasteiger partial charge in [0.25, 0.3) is 11.1 Å². The standard InChI is InChI=1S/C18H11ClFNO3S/c19-13-5-1-11(2-6-13)9-16-17(23)21(18(24)25-16)10-15(22)12-3-7-14(20)8-4-12/h1-9H,10H2/b16-9+. The van der Waals surface area contributed by atoms with Gasteiger partial charge in [-0.3, -0.25) is 19.3 Å². The first-order chi connectivity index (χ1) is 11.9. The average molecular weight is 376 g/mol. The van der Waals surface area contributed by atoms with E-state index in [9.17, 15) is 18.8 Å². The number of ketones is 1. The van der Waals surface area contributed by atoms with Crippen molar-refractivity contribution >= 4 is 46.4 Å². The maximum absolute atomic E-state index is 12.9. The van der Waals surface area contributed by atoms with Gasteiger partial charge in [-0.15, -0.1) is 0 Å². The normalized spacial score (nSPS) is 15.9. The van der Waals surface area contributed by atoms with Crippen molar-refractivity contribution in [3.8, 4) is 0 Å². The quantitative estimate of drug-likeness (QED) is 0.587. The van der Waals surface area contributed by atoms with Gasteiger partial charge in [0.2, 0.25) is 0 Å². The molecule has 0 atom stereocenters. The first-order valence-corrected chi connectivity index (χ1v) is 8.43. The molecule has 0 spiro atoms. The number of rotatable bonds is 4. The number of benzene rings is 2. The molecule has 3 rings (SSSR count). The molecule has 4 nitrogen and oxygen atoms in total. The van der Waals surface area contributed by atoms with Gasteiger partial charge in [-0.2, -0.15) is 0 Å². The minimum Gasteiger partial charge on any atom is -0.292 e. The summed E-state index contributed by atoms with van der Waals surface area (Å²) in [6.07, 6.45) is 1.57. The second-order valence-corrected chi connectivity index (χ2v) is 6.68. The van der Waals surface area contributed by atoms with Crippen LogP contribution in [-0.2, 0) is 4.79 Å². The predicted octanol–water partition coefficient (Wildman–Crippen LogP) is 4.40. The zero-order chi connectivity index (χ0) is 18.0. The Labute approximate surface area is 152 Å². The topological polar surface area (TPSA) is 54.5 Å². The Kier molecular flexibility index (Phi) is 5.01. The summed E-state index contributed by atoms with van der Waals surface area (Å²) in [6, 6.07) is 11.7. The molecule has 0 saturated carbocycles. The number of hydrogen-bond donors (Lipinski definition) is 0. The monoisotopic (exact) mass is 375 g/mol. The molecule has 2 aromatic rings. The van der Waals surface area contributed by atoms with E-state index in [2.05, 4.69) is 0 Å².